The molecule has 0 amide bonds. The molecule has 4 heteroatoms. The van der Waals surface area contributed by atoms with Gasteiger partial charge in [0.25, 0.3) is 0 Å². The van der Waals surface area contributed by atoms with Crippen LogP contribution in [0.25, 0.3) is 0 Å². The number of ether oxygens (including phenoxy) is 1. The summed E-state index contributed by atoms with van der Waals surface area (Å²) < 4.78 is 5.06. The molecular formula is C13H22O4. The number of aliphatic carboxylic acids is 1. The second kappa shape index (κ2) is 5.52. The van der Waals surface area contributed by atoms with Crippen molar-refractivity contribution in [2.75, 3.05) is 6.61 Å². The molecule has 0 bridgehead atoms. The van der Waals surface area contributed by atoms with Gasteiger partial charge in [0, 0.05) is 0 Å². The van der Waals surface area contributed by atoms with Gasteiger partial charge in [-0.3, -0.25) is 9.59 Å². The zero-order valence-corrected chi connectivity index (χ0v) is 10.9. The lowest BCUT2D eigenvalue weighted by Crippen LogP contribution is -2.49. The van der Waals surface area contributed by atoms with Crippen molar-refractivity contribution >= 4 is 11.9 Å². The van der Waals surface area contributed by atoms with Crippen molar-refractivity contribution in [3.05, 3.63) is 0 Å². The molecule has 1 unspecified atom stereocenters. The van der Waals surface area contributed by atoms with Gasteiger partial charge in [-0.15, -0.1) is 0 Å². The Morgan fingerprint density at radius 2 is 1.94 bits per heavy atom. The summed E-state index contributed by atoms with van der Waals surface area (Å²) >= 11 is 0. The van der Waals surface area contributed by atoms with Crippen molar-refractivity contribution in [3.8, 4) is 0 Å². The average Bonchev–Trinajstić information content (AvgIpc) is 2.14. The second-order valence-corrected chi connectivity index (χ2v) is 5.25. The molecule has 0 saturated heterocycles. The van der Waals surface area contributed by atoms with Crippen LogP contribution in [-0.4, -0.2) is 23.7 Å². The highest BCUT2D eigenvalue weighted by atomic mass is 16.5. The molecule has 0 spiro atoms. The van der Waals surface area contributed by atoms with Gasteiger partial charge in [-0.25, -0.2) is 0 Å². The van der Waals surface area contributed by atoms with E-state index < -0.39 is 17.3 Å². The summed E-state index contributed by atoms with van der Waals surface area (Å²) in [6, 6.07) is 0. The molecule has 0 aromatic rings. The molecule has 0 heterocycles. The molecule has 1 fully saturated rings. The number of carbonyl (C=O) groups excluding carboxylic acids is 1. The SMILES string of the molecule is CCOC(=O)C1(C(CC(C)C)C(=O)O)CCC1. The quantitative estimate of drug-likeness (QED) is 0.727. The molecule has 1 atom stereocenters. The van der Waals surface area contributed by atoms with Crippen molar-refractivity contribution in [3.63, 3.8) is 0 Å². The molecule has 0 aromatic heterocycles. The number of esters is 1. The maximum atomic E-state index is 12.0. The van der Waals surface area contributed by atoms with Gasteiger partial charge in [0.15, 0.2) is 0 Å². The monoisotopic (exact) mass is 242 g/mol. The van der Waals surface area contributed by atoms with Crippen LogP contribution in [0.5, 0.6) is 0 Å². The second-order valence-electron chi connectivity index (χ2n) is 5.25. The molecular weight excluding hydrogens is 220 g/mol. The first kappa shape index (κ1) is 14.0. The Balaban J connectivity index is 2.87. The first-order valence-corrected chi connectivity index (χ1v) is 6.34. The van der Waals surface area contributed by atoms with Crippen LogP contribution in [0.3, 0.4) is 0 Å². The molecule has 4 nitrogen and oxygen atoms in total. The molecule has 1 aliphatic rings. The lowest BCUT2D eigenvalue weighted by Gasteiger charge is -2.43. The first-order valence-electron chi connectivity index (χ1n) is 6.34. The van der Waals surface area contributed by atoms with Gasteiger partial charge in [-0.05, 0) is 32.1 Å². The Bertz CT molecular complexity index is 292. The van der Waals surface area contributed by atoms with Gasteiger partial charge in [-0.1, -0.05) is 20.3 Å². The fourth-order valence-corrected chi connectivity index (χ4v) is 2.56. The minimum Gasteiger partial charge on any atom is -0.481 e. The summed E-state index contributed by atoms with van der Waals surface area (Å²) in [5, 5.41) is 9.33. The molecule has 1 aliphatic carbocycles. The van der Waals surface area contributed by atoms with E-state index in [-0.39, 0.29) is 11.9 Å². The van der Waals surface area contributed by atoms with E-state index in [0.29, 0.717) is 25.9 Å². The van der Waals surface area contributed by atoms with Crippen LogP contribution in [0.2, 0.25) is 0 Å². The number of rotatable bonds is 6. The molecule has 0 aliphatic heterocycles. The van der Waals surface area contributed by atoms with Crippen LogP contribution in [0.4, 0.5) is 0 Å². The van der Waals surface area contributed by atoms with Gasteiger partial charge < -0.3 is 9.84 Å². The number of carbonyl (C=O) groups is 2. The summed E-state index contributed by atoms with van der Waals surface area (Å²) in [5.74, 6) is -1.52. The standard InChI is InChI=1S/C13H22O4/c1-4-17-12(16)13(6-5-7-13)10(11(14)15)8-9(2)3/h9-10H,4-8H2,1-3H3,(H,14,15). The van der Waals surface area contributed by atoms with Crippen LogP contribution in [0.1, 0.15) is 46.5 Å². The molecule has 17 heavy (non-hydrogen) atoms. The van der Waals surface area contributed by atoms with Crippen LogP contribution < -0.4 is 0 Å². The van der Waals surface area contributed by atoms with Crippen molar-refractivity contribution in [2.45, 2.75) is 46.5 Å². The maximum Gasteiger partial charge on any atom is 0.312 e. The van der Waals surface area contributed by atoms with E-state index in [4.69, 9.17) is 4.74 Å². The van der Waals surface area contributed by atoms with E-state index in [2.05, 4.69) is 0 Å². The minimum atomic E-state index is -0.869. The van der Waals surface area contributed by atoms with Gasteiger partial charge >= 0.3 is 11.9 Å². The highest BCUT2D eigenvalue weighted by Gasteiger charge is 2.54. The van der Waals surface area contributed by atoms with Crippen LogP contribution >= 0.6 is 0 Å². The van der Waals surface area contributed by atoms with Crippen LogP contribution in [-0.2, 0) is 14.3 Å². The molecule has 0 radical (unpaired) electrons. The first-order chi connectivity index (χ1) is 7.94. The summed E-state index contributed by atoms with van der Waals surface area (Å²) in [5.41, 5.74) is -0.758. The summed E-state index contributed by atoms with van der Waals surface area (Å²) in [4.78, 5) is 23.4. The highest BCUT2D eigenvalue weighted by Crippen LogP contribution is 2.50. The van der Waals surface area contributed by atoms with Crippen molar-refractivity contribution in [2.24, 2.45) is 17.3 Å². The third-order valence-corrected chi connectivity index (χ3v) is 3.60. The van der Waals surface area contributed by atoms with Gasteiger partial charge in [0.05, 0.1) is 17.9 Å². The minimum absolute atomic E-state index is 0.267. The Morgan fingerprint density at radius 3 is 2.24 bits per heavy atom. The predicted molar refractivity (Wildman–Crippen MR) is 63.5 cm³/mol. The molecule has 0 aromatic carbocycles. The van der Waals surface area contributed by atoms with E-state index in [1.54, 1.807) is 6.92 Å². The zero-order chi connectivity index (χ0) is 13.1. The van der Waals surface area contributed by atoms with E-state index in [9.17, 15) is 14.7 Å². The molecule has 1 rings (SSSR count). The summed E-state index contributed by atoms with van der Waals surface area (Å²) in [6.45, 7) is 6.03. The maximum absolute atomic E-state index is 12.0. The smallest absolute Gasteiger partial charge is 0.312 e. The molecule has 98 valence electrons. The Morgan fingerprint density at radius 1 is 1.35 bits per heavy atom. The highest BCUT2D eigenvalue weighted by molar-refractivity contribution is 5.85. The fourth-order valence-electron chi connectivity index (χ4n) is 2.56. The van der Waals surface area contributed by atoms with Gasteiger partial charge in [0.2, 0.25) is 0 Å². The largest absolute Gasteiger partial charge is 0.481 e. The normalized spacial score (nSPS) is 19.5. The third-order valence-electron chi connectivity index (χ3n) is 3.60. The van der Waals surface area contributed by atoms with E-state index in [1.807, 2.05) is 13.8 Å². The number of hydrogen-bond acceptors (Lipinski definition) is 3. The summed E-state index contributed by atoms with van der Waals surface area (Å²) in [6.07, 6.45) is 2.75. The third kappa shape index (κ3) is 2.79. The molecule has 1 N–H and O–H groups in total. The summed E-state index contributed by atoms with van der Waals surface area (Å²) in [7, 11) is 0. The van der Waals surface area contributed by atoms with Crippen LogP contribution in [0, 0.1) is 17.3 Å². The van der Waals surface area contributed by atoms with E-state index in [1.165, 1.54) is 0 Å². The lowest BCUT2D eigenvalue weighted by atomic mass is 9.59. The van der Waals surface area contributed by atoms with Crippen molar-refractivity contribution < 1.29 is 19.4 Å². The van der Waals surface area contributed by atoms with E-state index >= 15 is 0 Å². The number of carboxylic acid groups (broad SMARTS) is 1. The fraction of sp³-hybridized carbons (Fsp3) is 0.846. The van der Waals surface area contributed by atoms with Gasteiger partial charge in [-0.2, -0.15) is 0 Å². The van der Waals surface area contributed by atoms with Gasteiger partial charge in [0.1, 0.15) is 0 Å². The Labute approximate surface area is 102 Å². The van der Waals surface area contributed by atoms with Crippen molar-refractivity contribution in [1.82, 2.24) is 0 Å². The van der Waals surface area contributed by atoms with Crippen LogP contribution in [0.15, 0.2) is 0 Å². The van der Waals surface area contributed by atoms with E-state index in [0.717, 1.165) is 6.42 Å². The lowest BCUT2D eigenvalue weighted by molar-refractivity contribution is -0.175. The average molecular weight is 242 g/mol. The number of hydrogen-bond donors (Lipinski definition) is 1. The Hall–Kier alpha value is -1.06. The zero-order valence-electron chi connectivity index (χ0n) is 10.9. The Kier molecular flexibility index (Phi) is 4.54. The number of carboxylic acids is 1. The molecule has 1 saturated carbocycles. The topological polar surface area (TPSA) is 63.6 Å². The predicted octanol–water partition coefficient (Wildman–Crippen LogP) is 2.47. The van der Waals surface area contributed by atoms with Crippen molar-refractivity contribution in [1.29, 1.82) is 0 Å².